The smallest absolute Gasteiger partial charge is 0.269 e. The number of nitrogens with two attached hydrogens (primary N) is 1. The molecule has 0 fully saturated rings. The Morgan fingerprint density at radius 1 is 1.27 bits per heavy atom. The molecular formula is C16H20N4O2. The van der Waals surface area contributed by atoms with E-state index in [0.29, 0.717) is 12.4 Å². The van der Waals surface area contributed by atoms with Gasteiger partial charge >= 0.3 is 0 Å². The Balaban J connectivity index is 2.07. The molecule has 1 amide bonds. The van der Waals surface area contributed by atoms with E-state index < -0.39 is 5.91 Å². The standard InChI is InChI=1S/C16H20N4O2/c1-11(2)22-13-6-4-5-12(9-13)10-20(3)15-8-7-14(16(17)21)18-19-15/h4-9,11H,10H2,1-3H3,(H2,17,21). The third-order valence-corrected chi connectivity index (χ3v) is 2.98. The summed E-state index contributed by atoms with van der Waals surface area (Å²) >= 11 is 0. The van der Waals surface area contributed by atoms with Gasteiger partial charge in [0.25, 0.3) is 5.91 Å². The first-order valence-corrected chi connectivity index (χ1v) is 7.06. The van der Waals surface area contributed by atoms with Crippen LogP contribution in [0.5, 0.6) is 5.75 Å². The van der Waals surface area contributed by atoms with Crippen LogP contribution < -0.4 is 15.4 Å². The number of hydrogen-bond donors (Lipinski definition) is 1. The van der Waals surface area contributed by atoms with Crippen molar-refractivity contribution in [3.8, 4) is 5.75 Å². The molecule has 1 heterocycles. The lowest BCUT2D eigenvalue weighted by atomic mass is 10.2. The number of amides is 1. The molecule has 6 heteroatoms. The second kappa shape index (κ2) is 6.89. The summed E-state index contributed by atoms with van der Waals surface area (Å²) in [6, 6.07) is 11.2. The van der Waals surface area contributed by atoms with Crippen molar-refractivity contribution in [2.45, 2.75) is 26.5 Å². The van der Waals surface area contributed by atoms with Crippen LogP contribution in [0.15, 0.2) is 36.4 Å². The Morgan fingerprint density at radius 3 is 2.64 bits per heavy atom. The fourth-order valence-corrected chi connectivity index (χ4v) is 2.00. The van der Waals surface area contributed by atoms with Gasteiger partial charge in [-0.1, -0.05) is 12.1 Å². The summed E-state index contributed by atoms with van der Waals surface area (Å²) in [6.45, 7) is 4.64. The van der Waals surface area contributed by atoms with Crippen molar-refractivity contribution < 1.29 is 9.53 Å². The number of anilines is 1. The lowest BCUT2D eigenvalue weighted by Gasteiger charge is -2.18. The normalized spacial score (nSPS) is 10.5. The Labute approximate surface area is 129 Å². The molecule has 0 aliphatic rings. The number of carbonyl (C=O) groups excluding carboxylic acids is 1. The molecule has 22 heavy (non-hydrogen) atoms. The van der Waals surface area contributed by atoms with Gasteiger partial charge in [0.15, 0.2) is 11.5 Å². The number of primary amides is 1. The van der Waals surface area contributed by atoms with Gasteiger partial charge in [0, 0.05) is 13.6 Å². The Morgan fingerprint density at radius 2 is 2.05 bits per heavy atom. The largest absolute Gasteiger partial charge is 0.491 e. The topological polar surface area (TPSA) is 81.3 Å². The molecule has 116 valence electrons. The first kappa shape index (κ1) is 15.8. The van der Waals surface area contributed by atoms with E-state index in [1.807, 2.05) is 50.1 Å². The zero-order valence-electron chi connectivity index (χ0n) is 13.0. The van der Waals surface area contributed by atoms with Crippen molar-refractivity contribution in [2.75, 3.05) is 11.9 Å². The molecule has 0 aliphatic heterocycles. The maximum absolute atomic E-state index is 11.0. The lowest BCUT2D eigenvalue weighted by Crippen LogP contribution is -2.20. The molecule has 1 aromatic carbocycles. The fraction of sp³-hybridized carbons (Fsp3) is 0.312. The molecule has 0 saturated heterocycles. The van der Waals surface area contributed by atoms with Crippen LogP contribution in [-0.4, -0.2) is 29.3 Å². The van der Waals surface area contributed by atoms with Crippen LogP contribution >= 0.6 is 0 Å². The molecule has 0 radical (unpaired) electrons. The summed E-state index contributed by atoms with van der Waals surface area (Å²) in [4.78, 5) is 12.9. The predicted octanol–water partition coefficient (Wildman–Crippen LogP) is 2.00. The number of carbonyl (C=O) groups is 1. The average Bonchev–Trinajstić information content (AvgIpc) is 2.47. The Bertz CT molecular complexity index is 641. The van der Waals surface area contributed by atoms with Crippen LogP contribution in [0, 0.1) is 0 Å². The van der Waals surface area contributed by atoms with E-state index in [1.165, 1.54) is 0 Å². The fourth-order valence-electron chi connectivity index (χ4n) is 2.00. The van der Waals surface area contributed by atoms with Gasteiger partial charge in [0.1, 0.15) is 5.75 Å². The molecule has 0 spiro atoms. The third kappa shape index (κ3) is 4.18. The van der Waals surface area contributed by atoms with Gasteiger partial charge in [0.05, 0.1) is 6.10 Å². The number of benzene rings is 1. The molecule has 0 atom stereocenters. The molecule has 2 aromatic rings. The van der Waals surface area contributed by atoms with Gasteiger partial charge in [0.2, 0.25) is 0 Å². The highest BCUT2D eigenvalue weighted by atomic mass is 16.5. The number of nitrogens with zero attached hydrogens (tertiary/aromatic N) is 3. The van der Waals surface area contributed by atoms with Crippen LogP contribution in [0.3, 0.4) is 0 Å². The predicted molar refractivity (Wildman–Crippen MR) is 84.9 cm³/mol. The van der Waals surface area contributed by atoms with Crippen LogP contribution in [0.4, 0.5) is 5.82 Å². The minimum absolute atomic E-state index is 0.139. The number of rotatable bonds is 6. The van der Waals surface area contributed by atoms with Crippen molar-refractivity contribution in [3.63, 3.8) is 0 Å². The van der Waals surface area contributed by atoms with E-state index in [0.717, 1.165) is 11.3 Å². The molecule has 2 N–H and O–H groups in total. The third-order valence-electron chi connectivity index (χ3n) is 2.98. The van der Waals surface area contributed by atoms with Gasteiger partial charge in [-0.05, 0) is 43.7 Å². The van der Waals surface area contributed by atoms with E-state index in [4.69, 9.17) is 10.5 Å². The summed E-state index contributed by atoms with van der Waals surface area (Å²) < 4.78 is 5.69. The second-order valence-electron chi connectivity index (χ2n) is 5.31. The Hall–Kier alpha value is -2.63. The van der Waals surface area contributed by atoms with Gasteiger partial charge < -0.3 is 15.4 Å². The Kier molecular flexibility index (Phi) is 4.93. The monoisotopic (exact) mass is 300 g/mol. The van der Waals surface area contributed by atoms with Crippen molar-refractivity contribution in [1.82, 2.24) is 10.2 Å². The minimum Gasteiger partial charge on any atom is -0.491 e. The maximum atomic E-state index is 11.0. The van der Waals surface area contributed by atoms with Gasteiger partial charge in [-0.2, -0.15) is 0 Å². The molecule has 6 nitrogen and oxygen atoms in total. The minimum atomic E-state index is -0.583. The SMILES string of the molecule is CC(C)Oc1cccc(CN(C)c2ccc(C(N)=O)nn2)c1. The zero-order valence-corrected chi connectivity index (χ0v) is 13.0. The number of aromatic nitrogens is 2. The van der Waals surface area contributed by atoms with Crippen molar-refractivity contribution in [1.29, 1.82) is 0 Å². The van der Waals surface area contributed by atoms with Crippen LogP contribution in [-0.2, 0) is 6.54 Å². The van der Waals surface area contributed by atoms with Gasteiger partial charge in [-0.25, -0.2) is 0 Å². The van der Waals surface area contributed by atoms with Crippen LogP contribution in [0.2, 0.25) is 0 Å². The van der Waals surface area contributed by atoms with Crippen LogP contribution in [0.1, 0.15) is 29.9 Å². The maximum Gasteiger partial charge on any atom is 0.269 e. The van der Waals surface area contributed by atoms with Crippen molar-refractivity contribution >= 4 is 11.7 Å². The van der Waals surface area contributed by atoms with E-state index in [2.05, 4.69) is 10.2 Å². The quantitative estimate of drug-likeness (QED) is 0.882. The van der Waals surface area contributed by atoms with Gasteiger partial charge in [-0.15, -0.1) is 10.2 Å². The molecule has 1 aromatic heterocycles. The number of hydrogen-bond acceptors (Lipinski definition) is 5. The molecule has 0 saturated carbocycles. The zero-order chi connectivity index (χ0) is 16.1. The van der Waals surface area contributed by atoms with Crippen molar-refractivity contribution in [3.05, 3.63) is 47.7 Å². The highest BCUT2D eigenvalue weighted by molar-refractivity contribution is 5.90. The van der Waals surface area contributed by atoms with E-state index in [1.54, 1.807) is 12.1 Å². The average molecular weight is 300 g/mol. The van der Waals surface area contributed by atoms with Crippen LogP contribution in [0.25, 0.3) is 0 Å². The first-order valence-electron chi connectivity index (χ1n) is 7.06. The van der Waals surface area contributed by atoms with Gasteiger partial charge in [-0.3, -0.25) is 4.79 Å². The number of ether oxygens (including phenoxy) is 1. The highest BCUT2D eigenvalue weighted by Gasteiger charge is 2.08. The molecule has 0 unspecified atom stereocenters. The summed E-state index contributed by atoms with van der Waals surface area (Å²) in [5.74, 6) is 0.927. The lowest BCUT2D eigenvalue weighted by molar-refractivity contribution is 0.0994. The van der Waals surface area contributed by atoms with Crippen molar-refractivity contribution in [2.24, 2.45) is 5.73 Å². The summed E-state index contributed by atoms with van der Waals surface area (Å²) in [6.07, 6.45) is 0.139. The molecule has 0 aliphatic carbocycles. The second-order valence-corrected chi connectivity index (χ2v) is 5.31. The summed E-state index contributed by atoms with van der Waals surface area (Å²) in [5.41, 5.74) is 6.41. The first-order chi connectivity index (χ1) is 10.5. The summed E-state index contributed by atoms with van der Waals surface area (Å²) in [7, 11) is 1.91. The van der Waals surface area contributed by atoms with E-state index >= 15 is 0 Å². The summed E-state index contributed by atoms with van der Waals surface area (Å²) in [5, 5.41) is 7.82. The molecule has 0 bridgehead atoms. The van der Waals surface area contributed by atoms with E-state index in [-0.39, 0.29) is 11.8 Å². The highest BCUT2D eigenvalue weighted by Crippen LogP contribution is 2.18. The molecular weight excluding hydrogens is 280 g/mol. The molecule has 2 rings (SSSR count). The van der Waals surface area contributed by atoms with E-state index in [9.17, 15) is 4.79 Å².